The van der Waals surface area contributed by atoms with Gasteiger partial charge in [-0.25, -0.2) is 9.97 Å². The Labute approximate surface area is 130 Å². The topological polar surface area (TPSA) is 37.8 Å². The van der Waals surface area contributed by atoms with Gasteiger partial charge in [0.1, 0.15) is 0 Å². The van der Waals surface area contributed by atoms with Crippen LogP contribution >= 0.6 is 11.8 Å². The van der Waals surface area contributed by atoms with Gasteiger partial charge in [-0.05, 0) is 50.9 Å². The summed E-state index contributed by atoms with van der Waals surface area (Å²) in [7, 11) is 2.04. The molecule has 2 atom stereocenters. The van der Waals surface area contributed by atoms with Crippen molar-refractivity contribution in [3.8, 4) is 0 Å². The van der Waals surface area contributed by atoms with E-state index in [4.69, 9.17) is 0 Å². The number of nitrogens with one attached hydrogen (secondary N) is 1. The molecule has 1 aromatic carbocycles. The molecule has 21 heavy (non-hydrogen) atoms. The van der Waals surface area contributed by atoms with E-state index < -0.39 is 0 Å². The van der Waals surface area contributed by atoms with E-state index in [9.17, 15) is 0 Å². The second kappa shape index (κ2) is 6.16. The van der Waals surface area contributed by atoms with Crippen LogP contribution in [0, 0.1) is 13.8 Å². The van der Waals surface area contributed by atoms with Gasteiger partial charge in [-0.2, -0.15) is 0 Å². The van der Waals surface area contributed by atoms with Crippen LogP contribution in [0.3, 0.4) is 0 Å². The third-order valence-electron chi connectivity index (χ3n) is 3.99. The van der Waals surface area contributed by atoms with Crippen molar-refractivity contribution in [2.75, 3.05) is 7.05 Å². The number of aromatic nitrogens is 2. The Morgan fingerprint density at radius 1 is 1.14 bits per heavy atom. The molecule has 1 N–H and O–H groups in total. The van der Waals surface area contributed by atoms with Crippen molar-refractivity contribution in [1.29, 1.82) is 0 Å². The minimum absolute atomic E-state index is 0.365. The highest BCUT2D eigenvalue weighted by Gasteiger charge is 2.29. The molecule has 3 nitrogen and oxygen atoms in total. The number of hydrogen-bond acceptors (Lipinski definition) is 4. The third-order valence-corrected chi connectivity index (χ3v) is 5.19. The molecule has 2 unspecified atom stereocenters. The van der Waals surface area contributed by atoms with Crippen molar-refractivity contribution >= 4 is 11.8 Å². The highest BCUT2D eigenvalue weighted by atomic mass is 32.2. The van der Waals surface area contributed by atoms with Crippen molar-refractivity contribution in [3.05, 3.63) is 52.8 Å². The molecule has 0 fully saturated rings. The summed E-state index contributed by atoms with van der Waals surface area (Å²) in [4.78, 5) is 9.15. The minimum Gasteiger partial charge on any atom is -0.312 e. The van der Waals surface area contributed by atoms with Crippen LogP contribution < -0.4 is 5.32 Å². The standard InChI is InChI=1S/C17H21N3S/c1-11-10-12(2)20-17(19-11)21-15-9-8-13-6-4-5-7-14(13)16(15)18-3/h4-7,10,15-16,18H,8-9H2,1-3H3. The lowest BCUT2D eigenvalue weighted by Gasteiger charge is -2.32. The van der Waals surface area contributed by atoms with Crippen LogP contribution in [0.15, 0.2) is 35.5 Å². The van der Waals surface area contributed by atoms with Crippen molar-refractivity contribution in [2.45, 2.75) is 43.1 Å². The van der Waals surface area contributed by atoms with Gasteiger partial charge in [0.05, 0.1) is 0 Å². The average Bonchev–Trinajstić information content (AvgIpc) is 2.46. The van der Waals surface area contributed by atoms with Gasteiger partial charge < -0.3 is 5.32 Å². The number of nitrogens with zero attached hydrogens (tertiary/aromatic N) is 2. The molecule has 0 amide bonds. The maximum Gasteiger partial charge on any atom is 0.188 e. The zero-order valence-electron chi connectivity index (χ0n) is 12.8. The SMILES string of the molecule is CNC1c2ccccc2CCC1Sc1nc(C)cc(C)n1. The summed E-state index contributed by atoms with van der Waals surface area (Å²) in [5.41, 5.74) is 4.98. The predicted molar refractivity (Wildman–Crippen MR) is 87.7 cm³/mol. The Balaban J connectivity index is 1.86. The maximum atomic E-state index is 4.58. The van der Waals surface area contributed by atoms with Crippen LogP contribution in [0.25, 0.3) is 0 Å². The average molecular weight is 299 g/mol. The Kier molecular flexibility index (Phi) is 4.27. The second-order valence-electron chi connectivity index (χ2n) is 5.59. The summed E-state index contributed by atoms with van der Waals surface area (Å²) >= 11 is 1.80. The van der Waals surface area contributed by atoms with Gasteiger partial charge in [0.25, 0.3) is 0 Å². The van der Waals surface area contributed by atoms with E-state index in [0.29, 0.717) is 11.3 Å². The first kappa shape index (κ1) is 14.5. The van der Waals surface area contributed by atoms with E-state index in [0.717, 1.165) is 29.4 Å². The fraction of sp³-hybridized carbons (Fsp3) is 0.412. The molecule has 0 saturated carbocycles. The van der Waals surface area contributed by atoms with Crippen LogP contribution in [0.4, 0.5) is 0 Å². The number of aryl methyl sites for hydroxylation is 3. The van der Waals surface area contributed by atoms with Gasteiger partial charge in [0, 0.05) is 22.7 Å². The lowest BCUT2D eigenvalue weighted by molar-refractivity contribution is 0.509. The lowest BCUT2D eigenvalue weighted by Crippen LogP contribution is -2.32. The Bertz CT molecular complexity index is 621. The highest BCUT2D eigenvalue weighted by molar-refractivity contribution is 7.99. The molecule has 0 spiro atoms. The van der Waals surface area contributed by atoms with Gasteiger partial charge >= 0.3 is 0 Å². The molecule has 0 bridgehead atoms. The van der Waals surface area contributed by atoms with Gasteiger partial charge in [0.15, 0.2) is 5.16 Å². The first-order chi connectivity index (χ1) is 10.2. The van der Waals surface area contributed by atoms with Crippen molar-refractivity contribution in [3.63, 3.8) is 0 Å². The Hall–Kier alpha value is -1.39. The first-order valence-electron chi connectivity index (χ1n) is 7.41. The van der Waals surface area contributed by atoms with Crippen LogP contribution in [0.2, 0.25) is 0 Å². The van der Waals surface area contributed by atoms with Gasteiger partial charge in [-0.1, -0.05) is 36.0 Å². The van der Waals surface area contributed by atoms with Gasteiger partial charge in [-0.15, -0.1) is 0 Å². The summed E-state index contributed by atoms with van der Waals surface area (Å²) in [5.74, 6) is 0. The molecule has 1 aromatic heterocycles. The first-order valence-corrected chi connectivity index (χ1v) is 8.29. The smallest absolute Gasteiger partial charge is 0.188 e. The molecular weight excluding hydrogens is 278 g/mol. The zero-order valence-corrected chi connectivity index (χ0v) is 13.6. The van der Waals surface area contributed by atoms with E-state index in [1.54, 1.807) is 11.8 Å². The van der Waals surface area contributed by atoms with E-state index in [1.165, 1.54) is 11.1 Å². The number of thioether (sulfide) groups is 1. The van der Waals surface area contributed by atoms with E-state index >= 15 is 0 Å². The lowest BCUT2D eigenvalue weighted by atomic mass is 9.87. The molecule has 2 aromatic rings. The molecule has 0 saturated heterocycles. The molecule has 1 heterocycles. The molecule has 4 heteroatoms. The molecule has 1 aliphatic rings. The van der Waals surface area contributed by atoms with Gasteiger partial charge in [-0.3, -0.25) is 0 Å². The Morgan fingerprint density at radius 2 is 1.86 bits per heavy atom. The van der Waals surface area contributed by atoms with E-state index in [2.05, 4.69) is 39.6 Å². The highest BCUT2D eigenvalue weighted by Crippen LogP contribution is 2.38. The number of rotatable bonds is 3. The number of hydrogen-bond donors (Lipinski definition) is 1. The zero-order chi connectivity index (χ0) is 14.8. The van der Waals surface area contributed by atoms with Crippen molar-refractivity contribution in [1.82, 2.24) is 15.3 Å². The molecule has 0 aliphatic heterocycles. The van der Waals surface area contributed by atoms with E-state index in [-0.39, 0.29) is 0 Å². The van der Waals surface area contributed by atoms with Crippen molar-refractivity contribution in [2.24, 2.45) is 0 Å². The minimum atomic E-state index is 0.365. The molecule has 1 aliphatic carbocycles. The van der Waals surface area contributed by atoms with Crippen LogP contribution in [-0.2, 0) is 6.42 Å². The summed E-state index contributed by atoms with van der Waals surface area (Å²) in [6.45, 7) is 4.06. The molecular formula is C17H21N3S. The van der Waals surface area contributed by atoms with Crippen molar-refractivity contribution < 1.29 is 0 Å². The predicted octanol–water partition coefficient (Wildman–Crippen LogP) is 3.46. The quantitative estimate of drug-likeness (QED) is 0.881. The number of fused-ring (bicyclic) bond motifs is 1. The summed E-state index contributed by atoms with van der Waals surface area (Å²) in [6.07, 6.45) is 2.29. The van der Waals surface area contributed by atoms with Gasteiger partial charge in [0.2, 0.25) is 0 Å². The monoisotopic (exact) mass is 299 g/mol. The third kappa shape index (κ3) is 3.11. The van der Waals surface area contributed by atoms with Crippen LogP contribution in [0.5, 0.6) is 0 Å². The summed E-state index contributed by atoms with van der Waals surface area (Å²) in [5, 5.41) is 4.86. The van der Waals surface area contributed by atoms with Crippen LogP contribution in [-0.4, -0.2) is 22.3 Å². The largest absolute Gasteiger partial charge is 0.312 e. The second-order valence-corrected chi connectivity index (χ2v) is 6.80. The normalized spacial score (nSPS) is 21.1. The molecule has 3 rings (SSSR count). The van der Waals surface area contributed by atoms with Crippen LogP contribution in [0.1, 0.15) is 35.0 Å². The number of benzene rings is 1. The molecule has 110 valence electrons. The summed E-state index contributed by atoms with van der Waals surface area (Å²) < 4.78 is 0. The van der Waals surface area contributed by atoms with E-state index in [1.807, 2.05) is 27.0 Å². The summed E-state index contributed by atoms with van der Waals surface area (Å²) in [6, 6.07) is 11.1. The Morgan fingerprint density at radius 3 is 2.57 bits per heavy atom. The maximum absolute atomic E-state index is 4.58. The molecule has 0 radical (unpaired) electrons. The fourth-order valence-electron chi connectivity index (χ4n) is 3.08. The fourth-order valence-corrected chi connectivity index (χ4v) is 4.40.